The third-order valence-corrected chi connectivity index (χ3v) is 5.73. The Bertz CT molecular complexity index is 832. The van der Waals surface area contributed by atoms with Crippen molar-refractivity contribution in [1.29, 1.82) is 0 Å². The van der Waals surface area contributed by atoms with Gasteiger partial charge in [-0.2, -0.15) is 0 Å². The fourth-order valence-corrected chi connectivity index (χ4v) is 3.68. The average Bonchev–Trinajstić information content (AvgIpc) is 3.48. The van der Waals surface area contributed by atoms with Gasteiger partial charge in [-0.3, -0.25) is 9.89 Å². The van der Waals surface area contributed by atoms with Crippen LogP contribution in [0.2, 0.25) is 0 Å². The monoisotopic (exact) mass is 535 g/mol. The number of aromatic nitrogens is 1. The molecule has 0 unspecified atom stereocenters. The molecule has 6 nitrogen and oxygen atoms in total. The van der Waals surface area contributed by atoms with Gasteiger partial charge in [-0.05, 0) is 67.4 Å². The van der Waals surface area contributed by atoms with Gasteiger partial charge in [0.2, 0.25) is 5.88 Å². The highest BCUT2D eigenvalue weighted by Crippen LogP contribution is 2.29. The maximum Gasteiger partial charge on any atom is 0.213 e. The topological polar surface area (TPSA) is 61.8 Å². The Morgan fingerprint density at radius 2 is 1.71 bits per heavy atom. The zero-order chi connectivity index (χ0) is 20.6. The largest absolute Gasteiger partial charge is 0.477 e. The minimum Gasteiger partial charge on any atom is -0.477 e. The zero-order valence-electron chi connectivity index (χ0n) is 18.3. The fourth-order valence-electron chi connectivity index (χ4n) is 3.68. The Labute approximate surface area is 202 Å². The molecule has 2 aliphatic rings. The van der Waals surface area contributed by atoms with E-state index in [1.54, 1.807) is 13.2 Å². The Kier molecular flexibility index (Phi) is 9.39. The van der Waals surface area contributed by atoms with Crippen molar-refractivity contribution in [2.24, 2.45) is 10.9 Å². The van der Waals surface area contributed by atoms with E-state index in [9.17, 15) is 0 Å². The molecule has 0 radical (unpaired) electrons. The van der Waals surface area contributed by atoms with E-state index in [2.05, 4.69) is 49.8 Å². The predicted molar refractivity (Wildman–Crippen MR) is 136 cm³/mol. The molecular weight excluding hydrogens is 501 g/mol. The van der Waals surface area contributed by atoms with Gasteiger partial charge in [0.25, 0.3) is 0 Å². The smallest absolute Gasteiger partial charge is 0.213 e. The molecule has 168 valence electrons. The highest BCUT2D eigenvalue weighted by atomic mass is 127. The first-order valence-electron chi connectivity index (χ1n) is 11.1. The van der Waals surface area contributed by atoms with Crippen LogP contribution >= 0.6 is 24.0 Å². The summed E-state index contributed by atoms with van der Waals surface area (Å²) in [6.07, 6.45) is 7.04. The van der Waals surface area contributed by atoms with E-state index >= 15 is 0 Å². The molecular formula is C24H34IN5O. The first kappa shape index (κ1) is 23.8. The second-order valence-corrected chi connectivity index (χ2v) is 8.34. The normalized spacial score (nSPS) is 16.6. The van der Waals surface area contributed by atoms with E-state index in [1.807, 2.05) is 12.1 Å². The van der Waals surface area contributed by atoms with Crippen molar-refractivity contribution in [2.45, 2.75) is 45.3 Å². The van der Waals surface area contributed by atoms with Crippen molar-refractivity contribution in [3.8, 4) is 5.88 Å². The lowest BCUT2D eigenvalue weighted by atomic mass is 10.1. The van der Waals surface area contributed by atoms with Gasteiger partial charge >= 0.3 is 0 Å². The fraction of sp³-hybridized carbons (Fsp3) is 0.500. The summed E-state index contributed by atoms with van der Waals surface area (Å²) in [5, 5.41) is 6.76. The van der Waals surface area contributed by atoms with Crippen molar-refractivity contribution in [1.82, 2.24) is 20.5 Å². The maximum absolute atomic E-state index is 5.77. The van der Waals surface area contributed by atoms with Crippen LogP contribution in [0.25, 0.3) is 0 Å². The van der Waals surface area contributed by atoms with Crippen LogP contribution in [-0.4, -0.2) is 42.6 Å². The molecule has 2 fully saturated rings. The van der Waals surface area contributed by atoms with E-state index in [4.69, 9.17) is 4.74 Å². The Morgan fingerprint density at radius 3 is 2.39 bits per heavy atom. The predicted octanol–water partition coefficient (Wildman–Crippen LogP) is 3.95. The number of nitrogens with zero attached hydrogens (tertiary/aromatic N) is 3. The van der Waals surface area contributed by atoms with Crippen molar-refractivity contribution in [3.63, 3.8) is 0 Å². The summed E-state index contributed by atoms with van der Waals surface area (Å²) < 4.78 is 5.77. The van der Waals surface area contributed by atoms with Gasteiger partial charge in [-0.25, -0.2) is 4.98 Å². The van der Waals surface area contributed by atoms with E-state index in [0.29, 0.717) is 12.4 Å². The van der Waals surface area contributed by atoms with Gasteiger partial charge in [-0.1, -0.05) is 24.3 Å². The Hall–Kier alpha value is -1.87. The molecule has 1 aliphatic carbocycles. The molecule has 0 spiro atoms. The number of aliphatic imine (C=N–C) groups is 1. The molecule has 2 heterocycles. The van der Waals surface area contributed by atoms with Gasteiger partial charge in [-0.15, -0.1) is 24.0 Å². The summed E-state index contributed by atoms with van der Waals surface area (Å²) in [4.78, 5) is 11.2. The van der Waals surface area contributed by atoms with Gasteiger partial charge in [0, 0.05) is 38.9 Å². The second kappa shape index (κ2) is 12.2. The molecule has 31 heavy (non-hydrogen) atoms. The number of halogens is 1. The van der Waals surface area contributed by atoms with E-state index in [-0.39, 0.29) is 24.0 Å². The summed E-state index contributed by atoms with van der Waals surface area (Å²) in [7, 11) is 1.80. The van der Waals surface area contributed by atoms with Crippen LogP contribution in [-0.2, 0) is 19.6 Å². The first-order valence-corrected chi connectivity index (χ1v) is 11.1. The van der Waals surface area contributed by atoms with Crippen molar-refractivity contribution in [2.75, 3.05) is 26.7 Å². The number of ether oxygens (including phenoxy) is 1. The van der Waals surface area contributed by atoms with Crippen LogP contribution in [0.3, 0.4) is 0 Å². The molecule has 1 aliphatic heterocycles. The third-order valence-electron chi connectivity index (χ3n) is 5.73. The maximum atomic E-state index is 5.77. The molecule has 0 bridgehead atoms. The van der Waals surface area contributed by atoms with Gasteiger partial charge in [0.1, 0.15) is 0 Å². The van der Waals surface area contributed by atoms with Crippen LogP contribution in [0.15, 0.2) is 47.6 Å². The average molecular weight is 535 g/mol. The Balaban J connectivity index is 0.00000272. The van der Waals surface area contributed by atoms with Gasteiger partial charge in [0.15, 0.2) is 5.96 Å². The van der Waals surface area contributed by atoms with Crippen LogP contribution in [0.1, 0.15) is 42.4 Å². The summed E-state index contributed by atoms with van der Waals surface area (Å²) in [6, 6.07) is 12.9. The molecule has 7 heteroatoms. The molecule has 1 saturated carbocycles. The molecule has 1 aromatic heterocycles. The van der Waals surface area contributed by atoms with Gasteiger partial charge in [0.05, 0.1) is 6.61 Å². The van der Waals surface area contributed by atoms with Crippen LogP contribution in [0, 0.1) is 5.92 Å². The molecule has 0 amide bonds. The number of likely N-dealkylation sites (tertiary alicyclic amines) is 1. The molecule has 2 aromatic rings. The van der Waals surface area contributed by atoms with Crippen molar-refractivity contribution < 1.29 is 4.74 Å². The number of benzene rings is 1. The van der Waals surface area contributed by atoms with E-state index in [1.165, 1.54) is 49.9 Å². The lowest BCUT2D eigenvalue weighted by molar-refractivity contribution is 0.288. The molecule has 1 saturated heterocycles. The summed E-state index contributed by atoms with van der Waals surface area (Å²) >= 11 is 0. The molecule has 4 rings (SSSR count). The van der Waals surface area contributed by atoms with Gasteiger partial charge < -0.3 is 15.4 Å². The number of pyridine rings is 1. The molecule has 1 aromatic carbocycles. The van der Waals surface area contributed by atoms with E-state index < -0.39 is 0 Å². The summed E-state index contributed by atoms with van der Waals surface area (Å²) in [6.45, 7) is 5.74. The quantitative estimate of drug-likeness (QED) is 0.290. The van der Waals surface area contributed by atoms with Crippen molar-refractivity contribution in [3.05, 3.63) is 59.3 Å². The zero-order valence-corrected chi connectivity index (χ0v) is 20.7. The highest BCUT2D eigenvalue weighted by molar-refractivity contribution is 14.0. The first-order chi connectivity index (χ1) is 14.8. The van der Waals surface area contributed by atoms with E-state index in [0.717, 1.165) is 37.1 Å². The lowest BCUT2D eigenvalue weighted by Crippen LogP contribution is -2.36. The summed E-state index contributed by atoms with van der Waals surface area (Å²) in [5.41, 5.74) is 3.77. The minimum atomic E-state index is 0. The minimum absolute atomic E-state index is 0. The van der Waals surface area contributed by atoms with Crippen LogP contribution in [0.5, 0.6) is 5.88 Å². The third kappa shape index (κ3) is 7.96. The van der Waals surface area contributed by atoms with Crippen LogP contribution in [0.4, 0.5) is 0 Å². The highest BCUT2D eigenvalue weighted by Gasteiger charge is 2.22. The Morgan fingerprint density at radius 1 is 1.03 bits per heavy atom. The molecule has 0 atom stereocenters. The number of rotatable bonds is 9. The molecule has 2 N–H and O–H groups in total. The number of hydrogen-bond donors (Lipinski definition) is 2. The second-order valence-electron chi connectivity index (χ2n) is 8.34. The number of nitrogens with one attached hydrogen (secondary N) is 2. The number of hydrogen-bond acceptors (Lipinski definition) is 4. The standard InChI is InChI=1S/C24H33N5O.HI/c1-25-24(28-16-22-10-11-26-23(14-22)30-18-21-8-9-21)27-15-19-4-6-20(7-5-19)17-29-12-2-3-13-29;/h4-7,10-11,14,21H,2-3,8-9,12-13,15-18H2,1H3,(H2,25,27,28);1H. The number of guanidine groups is 1. The lowest BCUT2D eigenvalue weighted by Gasteiger charge is -2.15. The SMILES string of the molecule is CN=C(NCc1ccc(CN2CCCC2)cc1)NCc1ccnc(OCC2CC2)c1.I. The van der Waals surface area contributed by atoms with Crippen molar-refractivity contribution >= 4 is 29.9 Å². The summed E-state index contributed by atoms with van der Waals surface area (Å²) in [5.74, 6) is 2.22. The van der Waals surface area contributed by atoms with Crippen LogP contribution < -0.4 is 15.4 Å².